The smallest absolute Gasteiger partial charge is 0.280 e. The number of carbonyl (C=O) groups excluding carboxylic acids is 1. The van der Waals surface area contributed by atoms with E-state index < -0.39 is 22.3 Å². The lowest BCUT2D eigenvalue weighted by Gasteiger charge is -2.13. The van der Waals surface area contributed by atoms with Crippen molar-refractivity contribution in [1.82, 2.24) is 0 Å². The fourth-order valence-corrected chi connectivity index (χ4v) is 2.72. The van der Waals surface area contributed by atoms with Crippen LogP contribution in [0, 0.1) is 10.1 Å². The van der Waals surface area contributed by atoms with Crippen LogP contribution in [-0.4, -0.2) is 16.5 Å². The van der Waals surface area contributed by atoms with Gasteiger partial charge in [0, 0.05) is 6.07 Å². The van der Waals surface area contributed by atoms with Crippen molar-refractivity contribution in [1.29, 1.82) is 0 Å². The van der Waals surface area contributed by atoms with Gasteiger partial charge in [-0.05, 0) is 42.5 Å². The zero-order valence-electron chi connectivity index (χ0n) is 13.3. The summed E-state index contributed by atoms with van der Waals surface area (Å²) in [5.74, 6) is -1.25. The van der Waals surface area contributed by atoms with E-state index in [2.05, 4.69) is 5.10 Å². The predicted molar refractivity (Wildman–Crippen MR) is 97.6 cm³/mol. The van der Waals surface area contributed by atoms with E-state index >= 15 is 0 Å². The zero-order valence-corrected chi connectivity index (χ0v) is 14.8. The highest BCUT2D eigenvalue weighted by atomic mass is 35.5. The van der Waals surface area contributed by atoms with Crippen LogP contribution in [0.5, 0.6) is 5.75 Å². The Bertz CT molecular complexity index is 1000. The maximum Gasteiger partial charge on any atom is 0.280 e. The van der Waals surface area contributed by atoms with E-state index in [4.69, 9.17) is 23.2 Å². The molecule has 1 aliphatic heterocycles. The number of nitro benzene ring substituents is 1. The second-order valence-electron chi connectivity index (χ2n) is 5.41. The topological polar surface area (TPSA) is 98.9 Å². The van der Waals surface area contributed by atoms with Crippen molar-refractivity contribution in [3.05, 3.63) is 67.7 Å². The lowest BCUT2D eigenvalue weighted by atomic mass is 10.1. The number of amides is 1. The fourth-order valence-electron chi connectivity index (χ4n) is 2.43. The molecule has 0 radical (unpaired) electrons. The van der Waals surface area contributed by atoms with Gasteiger partial charge in [0.05, 0.1) is 31.9 Å². The van der Waals surface area contributed by atoms with Crippen LogP contribution in [0.3, 0.4) is 0 Å². The molecular formula is C17H10Cl2N3O4-. The van der Waals surface area contributed by atoms with Gasteiger partial charge in [0.25, 0.3) is 11.6 Å². The minimum absolute atomic E-state index is 0.0353. The number of hydrogen-bond acceptors (Lipinski definition) is 5. The molecule has 0 atom stereocenters. The Morgan fingerprint density at radius 3 is 2.58 bits per heavy atom. The maximum atomic E-state index is 12.7. The first kappa shape index (κ1) is 17.9. The maximum absolute atomic E-state index is 12.7. The van der Waals surface area contributed by atoms with Crippen LogP contribution in [0.1, 0.15) is 12.5 Å². The van der Waals surface area contributed by atoms with Gasteiger partial charge in [0.15, 0.2) is 0 Å². The Labute approximate surface area is 157 Å². The summed E-state index contributed by atoms with van der Waals surface area (Å²) in [5, 5.41) is 29.0. The van der Waals surface area contributed by atoms with Gasteiger partial charge in [0.1, 0.15) is 0 Å². The molecule has 0 saturated heterocycles. The van der Waals surface area contributed by atoms with Gasteiger partial charge < -0.3 is 5.11 Å². The Morgan fingerprint density at radius 1 is 1.19 bits per heavy atom. The Kier molecular flexibility index (Phi) is 4.67. The van der Waals surface area contributed by atoms with Gasteiger partial charge in [-0.1, -0.05) is 35.3 Å². The molecule has 7 nitrogen and oxygen atoms in total. The van der Waals surface area contributed by atoms with E-state index in [1.807, 2.05) is 0 Å². The highest BCUT2D eigenvalue weighted by Gasteiger charge is 2.29. The number of hydrogen-bond donors (Lipinski definition) is 0. The molecule has 2 aromatic rings. The van der Waals surface area contributed by atoms with E-state index in [9.17, 15) is 20.0 Å². The summed E-state index contributed by atoms with van der Waals surface area (Å²) < 4.78 is 0. The average Bonchev–Trinajstić information content (AvgIpc) is 2.87. The lowest BCUT2D eigenvalue weighted by molar-refractivity contribution is -0.398. The molecule has 0 aromatic heterocycles. The highest BCUT2D eigenvalue weighted by molar-refractivity contribution is 6.42. The summed E-state index contributed by atoms with van der Waals surface area (Å²) in [5.41, 5.74) is 0.419. The highest BCUT2D eigenvalue weighted by Crippen LogP contribution is 2.33. The molecule has 26 heavy (non-hydrogen) atoms. The Balaban J connectivity index is 2.01. The van der Waals surface area contributed by atoms with Gasteiger partial charge in [-0.25, -0.2) is 0 Å². The number of rotatable bonds is 3. The molecule has 0 bridgehead atoms. The minimum atomic E-state index is -0.765. The van der Waals surface area contributed by atoms with E-state index in [1.54, 1.807) is 13.0 Å². The van der Waals surface area contributed by atoms with E-state index in [-0.39, 0.29) is 16.2 Å². The fraction of sp³-hybridized carbons (Fsp3) is 0.0588. The van der Waals surface area contributed by atoms with Crippen LogP contribution in [0.15, 0.2) is 47.1 Å². The van der Waals surface area contributed by atoms with Crippen LogP contribution in [0.2, 0.25) is 10.0 Å². The summed E-state index contributed by atoms with van der Waals surface area (Å²) in [4.78, 5) is 22.8. The Morgan fingerprint density at radius 2 is 1.92 bits per heavy atom. The lowest BCUT2D eigenvalue weighted by Crippen LogP contribution is -2.21. The van der Waals surface area contributed by atoms with Crippen molar-refractivity contribution in [3.63, 3.8) is 0 Å². The van der Waals surface area contributed by atoms with Gasteiger partial charge >= 0.3 is 0 Å². The van der Waals surface area contributed by atoms with Crippen LogP contribution in [0.4, 0.5) is 11.4 Å². The Hall–Kier alpha value is -2.90. The van der Waals surface area contributed by atoms with E-state index in [0.29, 0.717) is 16.4 Å². The quantitative estimate of drug-likeness (QED) is 0.452. The van der Waals surface area contributed by atoms with Crippen molar-refractivity contribution in [2.45, 2.75) is 6.92 Å². The summed E-state index contributed by atoms with van der Waals surface area (Å²) >= 11 is 11.8. The van der Waals surface area contributed by atoms with Crippen LogP contribution < -0.4 is 10.1 Å². The number of halogens is 2. The molecule has 1 aliphatic rings. The molecule has 0 fully saturated rings. The standard InChI is InChI=1S/C17H11Cl2N3O4/c1-9-12(7-10-3-2-4-15(16(10)23)22(25)26)17(24)21(20-9)11-5-6-13(18)14(19)8-11/h2-8,23H,1H3/p-1/b12-7+. The molecule has 1 heterocycles. The molecule has 0 N–H and O–H groups in total. The summed E-state index contributed by atoms with van der Waals surface area (Å²) in [6, 6.07) is 8.52. The number of para-hydroxylation sites is 1. The molecule has 0 unspecified atom stereocenters. The number of nitro groups is 1. The monoisotopic (exact) mass is 390 g/mol. The third-order valence-corrected chi connectivity index (χ3v) is 4.47. The molecule has 0 spiro atoms. The molecule has 0 aliphatic carbocycles. The first-order chi connectivity index (χ1) is 12.3. The largest absolute Gasteiger partial charge is 0.867 e. The molecule has 132 valence electrons. The number of benzene rings is 2. The van der Waals surface area contributed by atoms with Crippen LogP contribution in [0.25, 0.3) is 6.08 Å². The molecular weight excluding hydrogens is 381 g/mol. The van der Waals surface area contributed by atoms with Crippen molar-refractivity contribution < 1.29 is 14.8 Å². The second-order valence-corrected chi connectivity index (χ2v) is 6.23. The third kappa shape index (κ3) is 3.14. The van der Waals surface area contributed by atoms with Gasteiger partial charge in [-0.3, -0.25) is 14.9 Å². The van der Waals surface area contributed by atoms with Crippen molar-refractivity contribution >= 4 is 52.3 Å². The van der Waals surface area contributed by atoms with Gasteiger partial charge in [0.2, 0.25) is 0 Å². The SMILES string of the molecule is CC1=NN(c2ccc(Cl)c(Cl)c2)C(=O)/C1=C/c1cccc([N+](=O)[O-])c1[O-]. The summed E-state index contributed by atoms with van der Waals surface area (Å²) in [6.45, 7) is 1.60. The molecule has 3 rings (SSSR count). The molecule has 9 heteroatoms. The molecule has 0 saturated carbocycles. The van der Waals surface area contributed by atoms with Crippen LogP contribution in [-0.2, 0) is 4.79 Å². The van der Waals surface area contributed by atoms with Crippen LogP contribution >= 0.6 is 23.2 Å². The van der Waals surface area contributed by atoms with Crippen molar-refractivity contribution in [2.24, 2.45) is 5.10 Å². The molecule has 1 amide bonds. The molecule has 2 aromatic carbocycles. The second kappa shape index (κ2) is 6.78. The van der Waals surface area contributed by atoms with E-state index in [0.717, 1.165) is 11.1 Å². The predicted octanol–water partition coefficient (Wildman–Crippen LogP) is 3.78. The third-order valence-electron chi connectivity index (χ3n) is 3.73. The summed E-state index contributed by atoms with van der Waals surface area (Å²) in [6.07, 6.45) is 1.30. The minimum Gasteiger partial charge on any atom is -0.867 e. The van der Waals surface area contributed by atoms with Crippen molar-refractivity contribution in [2.75, 3.05) is 5.01 Å². The average molecular weight is 391 g/mol. The van der Waals surface area contributed by atoms with Gasteiger partial charge in [-0.2, -0.15) is 10.1 Å². The number of nitrogens with zero attached hydrogens (tertiary/aromatic N) is 3. The van der Waals surface area contributed by atoms with E-state index in [1.165, 1.54) is 30.3 Å². The summed E-state index contributed by atoms with van der Waals surface area (Å²) in [7, 11) is 0. The van der Waals surface area contributed by atoms with Crippen molar-refractivity contribution in [3.8, 4) is 5.75 Å². The van der Waals surface area contributed by atoms with Gasteiger partial charge in [-0.15, -0.1) is 0 Å². The first-order valence-corrected chi connectivity index (χ1v) is 8.06. The normalized spacial score (nSPS) is 15.5. The zero-order chi connectivity index (χ0) is 19.0. The first-order valence-electron chi connectivity index (χ1n) is 7.31. The number of carbonyl (C=O) groups is 1. The number of anilines is 1. The number of hydrazone groups is 1.